The molecule has 1 heterocycles. The third-order valence-corrected chi connectivity index (χ3v) is 6.11. The zero-order valence-corrected chi connectivity index (χ0v) is 15.6. The molecule has 1 aromatic carbocycles. The van der Waals surface area contributed by atoms with E-state index in [2.05, 4.69) is 50.4 Å². The summed E-state index contributed by atoms with van der Waals surface area (Å²) in [6, 6.07) is 8.50. The van der Waals surface area contributed by atoms with E-state index >= 15 is 0 Å². The van der Waals surface area contributed by atoms with Crippen LogP contribution in [-0.4, -0.2) is 29.3 Å². The molecule has 2 fully saturated rings. The number of nitrogens with zero attached hydrogens (tertiary/aromatic N) is 1. The number of benzene rings is 1. The van der Waals surface area contributed by atoms with Crippen LogP contribution in [0.25, 0.3) is 0 Å². The fourth-order valence-electron chi connectivity index (χ4n) is 4.10. The van der Waals surface area contributed by atoms with Crippen LogP contribution in [-0.2, 0) is 16.1 Å². The molecule has 0 unspecified atom stereocenters. The number of amides is 2. The molecule has 2 aliphatic rings. The Bertz CT molecular complexity index is 625. The van der Waals surface area contributed by atoms with Gasteiger partial charge in [-0.3, -0.25) is 9.59 Å². The van der Waals surface area contributed by atoms with Crippen LogP contribution in [0.5, 0.6) is 0 Å². The smallest absolute Gasteiger partial charge is 0.225 e. The van der Waals surface area contributed by atoms with Crippen molar-refractivity contribution < 1.29 is 9.59 Å². The Labute approximate surface area is 151 Å². The number of likely N-dealkylation sites (tertiary alicyclic amines) is 1. The van der Waals surface area contributed by atoms with Crippen molar-refractivity contribution >= 4 is 11.8 Å². The number of hydrogen-bond donors (Lipinski definition) is 1. The van der Waals surface area contributed by atoms with Crippen LogP contribution in [0.2, 0.25) is 0 Å². The highest BCUT2D eigenvalue weighted by Gasteiger charge is 2.36. The van der Waals surface area contributed by atoms with Crippen molar-refractivity contribution in [3.8, 4) is 0 Å². The minimum Gasteiger partial charge on any atom is -0.353 e. The second kappa shape index (κ2) is 7.59. The van der Waals surface area contributed by atoms with Gasteiger partial charge in [-0.2, -0.15) is 0 Å². The summed E-state index contributed by atoms with van der Waals surface area (Å²) in [7, 11) is 0. The first-order chi connectivity index (χ1) is 11.9. The number of nitrogens with one attached hydrogen (secondary N) is 1. The van der Waals surface area contributed by atoms with Crippen molar-refractivity contribution in [2.45, 2.75) is 59.0 Å². The molecular formula is C21H30N2O2. The molecule has 0 bridgehead atoms. The van der Waals surface area contributed by atoms with E-state index < -0.39 is 0 Å². The fourth-order valence-corrected chi connectivity index (χ4v) is 4.10. The molecule has 1 saturated carbocycles. The number of carbonyl (C=O) groups is 2. The largest absolute Gasteiger partial charge is 0.353 e. The van der Waals surface area contributed by atoms with Crippen LogP contribution in [0, 0.1) is 24.7 Å². The zero-order valence-electron chi connectivity index (χ0n) is 15.6. The molecule has 2 amide bonds. The van der Waals surface area contributed by atoms with Gasteiger partial charge in [0.05, 0.1) is 5.92 Å². The zero-order chi connectivity index (χ0) is 18.0. The Kier molecular flexibility index (Phi) is 5.45. The molecule has 1 aromatic rings. The molecule has 136 valence electrons. The van der Waals surface area contributed by atoms with Gasteiger partial charge < -0.3 is 10.2 Å². The molecule has 25 heavy (non-hydrogen) atoms. The van der Waals surface area contributed by atoms with Crippen LogP contribution in [0.1, 0.15) is 50.7 Å². The molecule has 3 rings (SSSR count). The summed E-state index contributed by atoms with van der Waals surface area (Å²) >= 11 is 0. The molecule has 4 atom stereocenters. The lowest BCUT2D eigenvalue weighted by Crippen LogP contribution is -2.46. The van der Waals surface area contributed by atoms with Gasteiger partial charge in [-0.25, -0.2) is 0 Å². The Morgan fingerprint density at radius 2 is 1.92 bits per heavy atom. The molecular weight excluding hydrogens is 312 g/mol. The maximum Gasteiger partial charge on any atom is 0.225 e. The molecule has 0 radical (unpaired) electrons. The monoisotopic (exact) mass is 342 g/mol. The molecule has 4 heteroatoms. The second-order valence-corrected chi connectivity index (χ2v) is 8.04. The highest BCUT2D eigenvalue weighted by atomic mass is 16.2. The predicted octanol–water partition coefficient (Wildman–Crippen LogP) is 3.28. The summed E-state index contributed by atoms with van der Waals surface area (Å²) in [6.07, 6.45) is 3.83. The number of hydrogen-bond acceptors (Lipinski definition) is 2. The number of carbonyl (C=O) groups excluding carboxylic acids is 2. The van der Waals surface area contributed by atoms with E-state index in [4.69, 9.17) is 0 Å². The Hall–Kier alpha value is -1.84. The van der Waals surface area contributed by atoms with Gasteiger partial charge >= 0.3 is 0 Å². The van der Waals surface area contributed by atoms with E-state index in [9.17, 15) is 9.59 Å². The van der Waals surface area contributed by atoms with Gasteiger partial charge in [0.15, 0.2) is 0 Å². The standard InChI is InChI=1S/C21H30N2O2/c1-14-7-9-17(10-8-14)12-23-13-18(11-20(23)24)21(25)22-19-6-4-5-15(2)16(19)3/h7-10,15-16,18-19H,4-6,11-13H2,1-3H3,(H,22,25)/t15-,16-,18-,19-/m1/s1. The van der Waals surface area contributed by atoms with Crippen molar-refractivity contribution in [2.75, 3.05) is 6.54 Å². The van der Waals surface area contributed by atoms with Gasteiger partial charge in [0.2, 0.25) is 11.8 Å². The van der Waals surface area contributed by atoms with E-state index in [1.807, 2.05) is 4.90 Å². The highest BCUT2D eigenvalue weighted by molar-refractivity contribution is 5.89. The second-order valence-electron chi connectivity index (χ2n) is 8.04. The molecule has 0 aromatic heterocycles. The van der Waals surface area contributed by atoms with E-state index in [0.29, 0.717) is 31.3 Å². The molecule has 1 aliphatic heterocycles. The maximum atomic E-state index is 12.7. The molecule has 1 N–H and O–H groups in total. The quantitative estimate of drug-likeness (QED) is 0.913. The van der Waals surface area contributed by atoms with Gasteiger partial charge in [0.25, 0.3) is 0 Å². The van der Waals surface area contributed by atoms with Crippen molar-refractivity contribution in [3.63, 3.8) is 0 Å². The summed E-state index contributed by atoms with van der Waals surface area (Å²) < 4.78 is 0. The summed E-state index contributed by atoms with van der Waals surface area (Å²) in [6.45, 7) is 7.69. The van der Waals surface area contributed by atoms with Crippen LogP contribution in [0.15, 0.2) is 24.3 Å². The Balaban J connectivity index is 1.56. The van der Waals surface area contributed by atoms with Gasteiger partial charge in [-0.05, 0) is 30.7 Å². The first-order valence-corrected chi connectivity index (χ1v) is 9.57. The highest BCUT2D eigenvalue weighted by Crippen LogP contribution is 2.30. The maximum absolute atomic E-state index is 12.7. The van der Waals surface area contributed by atoms with E-state index in [1.165, 1.54) is 18.4 Å². The molecule has 1 saturated heterocycles. The topological polar surface area (TPSA) is 49.4 Å². The minimum absolute atomic E-state index is 0.0608. The van der Waals surface area contributed by atoms with E-state index in [0.717, 1.165) is 12.0 Å². The van der Waals surface area contributed by atoms with Crippen LogP contribution >= 0.6 is 0 Å². The average molecular weight is 342 g/mol. The van der Waals surface area contributed by atoms with Crippen molar-refractivity contribution in [1.82, 2.24) is 10.2 Å². The van der Waals surface area contributed by atoms with Gasteiger partial charge in [0, 0.05) is 25.6 Å². The van der Waals surface area contributed by atoms with Crippen molar-refractivity contribution in [1.29, 1.82) is 0 Å². The summed E-state index contributed by atoms with van der Waals surface area (Å²) in [5.74, 6) is 1.11. The predicted molar refractivity (Wildman–Crippen MR) is 98.8 cm³/mol. The third-order valence-electron chi connectivity index (χ3n) is 6.11. The molecule has 1 aliphatic carbocycles. The fraction of sp³-hybridized carbons (Fsp3) is 0.619. The van der Waals surface area contributed by atoms with Gasteiger partial charge in [0.1, 0.15) is 0 Å². The van der Waals surface area contributed by atoms with Crippen LogP contribution in [0.3, 0.4) is 0 Å². The summed E-state index contributed by atoms with van der Waals surface area (Å²) in [5, 5.41) is 3.24. The van der Waals surface area contributed by atoms with E-state index in [1.54, 1.807) is 0 Å². The molecule has 4 nitrogen and oxygen atoms in total. The Morgan fingerprint density at radius 3 is 2.64 bits per heavy atom. The lowest BCUT2D eigenvalue weighted by Gasteiger charge is -2.35. The Morgan fingerprint density at radius 1 is 1.20 bits per heavy atom. The summed E-state index contributed by atoms with van der Waals surface area (Å²) in [4.78, 5) is 26.8. The molecule has 0 spiro atoms. The van der Waals surface area contributed by atoms with Gasteiger partial charge in [-0.15, -0.1) is 0 Å². The number of aryl methyl sites for hydroxylation is 1. The lowest BCUT2D eigenvalue weighted by molar-refractivity contribution is -0.129. The average Bonchev–Trinajstić information content (AvgIpc) is 2.95. The van der Waals surface area contributed by atoms with Gasteiger partial charge in [-0.1, -0.05) is 56.5 Å². The van der Waals surface area contributed by atoms with Crippen molar-refractivity contribution in [2.24, 2.45) is 17.8 Å². The normalized spacial score (nSPS) is 29.7. The SMILES string of the molecule is Cc1ccc(CN2C[C@H](C(=O)N[C@@H]3CCC[C@@H](C)[C@H]3C)CC2=O)cc1. The van der Waals surface area contributed by atoms with Crippen molar-refractivity contribution in [3.05, 3.63) is 35.4 Å². The number of rotatable bonds is 4. The minimum atomic E-state index is -0.206. The van der Waals surface area contributed by atoms with Crippen LogP contribution in [0.4, 0.5) is 0 Å². The summed E-state index contributed by atoms with van der Waals surface area (Å²) in [5.41, 5.74) is 2.33. The first-order valence-electron chi connectivity index (χ1n) is 9.57. The first kappa shape index (κ1) is 18.0. The third kappa shape index (κ3) is 4.23. The lowest BCUT2D eigenvalue weighted by atomic mass is 9.78. The van der Waals surface area contributed by atoms with Crippen LogP contribution < -0.4 is 5.32 Å². The van der Waals surface area contributed by atoms with E-state index in [-0.39, 0.29) is 23.8 Å².